The van der Waals surface area contributed by atoms with Gasteiger partial charge in [-0.25, -0.2) is 9.59 Å². The third kappa shape index (κ3) is 6.27. The van der Waals surface area contributed by atoms with Gasteiger partial charge < -0.3 is 15.2 Å². The molecule has 1 unspecified atom stereocenters. The largest absolute Gasteiger partial charge is 0.480 e. The lowest BCUT2D eigenvalue weighted by atomic mass is 9.87. The van der Waals surface area contributed by atoms with Gasteiger partial charge in [0.25, 0.3) is 0 Å². The van der Waals surface area contributed by atoms with Gasteiger partial charge in [0.2, 0.25) is 0 Å². The summed E-state index contributed by atoms with van der Waals surface area (Å²) in [5.74, 6) is -0.898. The summed E-state index contributed by atoms with van der Waals surface area (Å²) in [5, 5.41) is 11.4. The first-order valence-electron chi connectivity index (χ1n) is 5.95. The molecule has 2 atom stereocenters. The average Bonchev–Trinajstić information content (AvgIpc) is 2.21. The maximum atomic E-state index is 11.5. The Labute approximate surface area is 108 Å². The van der Waals surface area contributed by atoms with Crippen LogP contribution in [0.3, 0.4) is 0 Å². The monoisotopic (exact) mass is 257 g/mol. The van der Waals surface area contributed by atoms with E-state index in [2.05, 4.69) is 11.9 Å². The zero-order chi connectivity index (χ0) is 14.3. The summed E-state index contributed by atoms with van der Waals surface area (Å²) in [4.78, 5) is 22.5. The molecule has 0 bridgehead atoms. The fourth-order valence-electron chi connectivity index (χ4n) is 1.38. The van der Waals surface area contributed by atoms with E-state index in [0.717, 1.165) is 6.42 Å². The van der Waals surface area contributed by atoms with Crippen molar-refractivity contribution in [2.24, 2.45) is 11.3 Å². The Balaban J connectivity index is 4.28. The van der Waals surface area contributed by atoms with Crippen molar-refractivity contribution < 1.29 is 19.4 Å². The number of allylic oxidation sites excluding steroid dienone is 1. The Morgan fingerprint density at radius 2 is 2.00 bits per heavy atom. The summed E-state index contributed by atoms with van der Waals surface area (Å²) in [7, 11) is 0. The molecule has 0 fully saturated rings. The molecule has 0 aromatic heterocycles. The molecule has 0 aliphatic carbocycles. The molecular weight excluding hydrogens is 234 g/mol. The molecular formula is C13H23NO4. The quantitative estimate of drug-likeness (QED) is 0.716. The van der Waals surface area contributed by atoms with Gasteiger partial charge in [0.05, 0.1) is 6.61 Å². The van der Waals surface area contributed by atoms with Crippen LogP contribution in [0, 0.1) is 11.3 Å². The molecule has 5 heteroatoms. The number of ether oxygens (including phenoxy) is 1. The molecule has 0 aromatic carbocycles. The van der Waals surface area contributed by atoms with Crippen LogP contribution in [0.5, 0.6) is 0 Å². The number of aliphatic carboxylic acids is 1. The molecule has 104 valence electrons. The predicted molar refractivity (Wildman–Crippen MR) is 69.3 cm³/mol. The molecule has 0 aliphatic rings. The number of alkyl carbamates (subject to hydrolysis) is 1. The summed E-state index contributed by atoms with van der Waals surface area (Å²) in [6, 6.07) is -0.972. The van der Waals surface area contributed by atoms with Gasteiger partial charge in [-0.1, -0.05) is 33.8 Å². The van der Waals surface area contributed by atoms with E-state index in [0.29, 0.717) is 0 Å². The highest BCUT2D eigenvalue weighted by Gasteiger charge is 2.33. The van der Waals surface area contributed by atoms with Crippen molar-refractivity contribution in [3.05, 3.63) is 12.7 Å². The van der Waals surface area contributed by atoms with E-state index < -0.39 is 23.5 Å². The van der Waals surface area contributed by atoms with Crippen LogP contribution in [0.25, 0.3) is 0 Å². The fourth-order valence-corrected chi connectivity index (χ4v) is 1.38. The van der Waals surface area contributed by atoms with Crippen molar-refractivity contribution in [1.82, 2.24) is 5.32 Å². The minimum absolute atomic E-state index is 0.172. The van der Waals surface area contributed by atoms with Crippen LogP contribution in [-0.2, 0) is 9.53 Å². The van der Waals surface area contributed by atoms with E-state index in [1.54, 1.807) is 26.8 Å². The summed E-state index contributed by atoms with van der Waals surface area (Å²) >= 11 is 0. The lowest BCUT2D eigenvalue weighted by molar-refractivity contribution is -0.142. The summed E-state index contributed by atoms with van der Waals surface area (Å²) < 4.78 is 4.97. The van der Waals surface area contributed by atoms with E-state index >= 15 is 0 Å². The topological polar surface area (TPSA) is 75.6 Å². The first-order chi connectivity index (χ1) is 8.18. The number of nitrogens with one attached hydrogen (secondary N) is 1. The lowest BCUT2D eigenvalue weighted by Crippen LogP contribution is -2.49. The van der Waals surface area contributed by atoms with E-state index in [1.165, 1.54) is 0 Å². The number of amides is 1. The zero-order valence-electron chi connectivity index (χ0n) is 11.5. The van der Waals surface area contributed by atoms with E-state index in [9.17, 15) is 9.59 Å². The third-order valence-corrected chi connectivity index (χ3v) is 2.44. The smallest absolute Gasteiger partial charge is 0.407 e. The second-order valence-corrected chi connectivity index (χ2v) is 5.51. The van der Waals surface area contributed by atoms with Crippen molar-refractivity contribution in [3.8, 4) is 0 Å². The molecule has 0 radical (unpaired) electrons. The predicted octanol–water partition coefficient (Wildman–Crippen LogP) is 2.42. The summed E-state index contributed by atoms with van der Waals surface area (Å²) in [6.45, 7) is 11.0. The van der Waals surface area contributed by atoms with E-state index in [1.807, 2.05) is 6.92 Å². The standard InChI is InChI=1S/C13H23NO4/c1-6-7-9(2)8-18-12(17)14-10(11(15)16)13(3,4)5/h6,9-10H,1,7-8H2,2-5H3,(H,14,17)(H,15,16)/t9?,10-/m1/s1. The fraction of sp³-hybridized carbons (Fsp3) is 0.692. The van der Waals surface area contributed by atoms with Crippen molar-refractivity contribution in [3.63, 3.8) is 0 Å². The molecule has 5 nitrogen and oxygen atoms in total. The van der Waals surface area contributed by atoms with Crippen LogP contribution >= 0.6 is 0 Å². The van der Waals surface area contributed by atoms with Gasteiger partial charge in [0.15, 0.2) is 0 Å². The van der Waals surface area contributed by atoms with Gasteiger partial charge in [0.1, 0.15) is 6.04 Å². The van der Waals surface area contributed by atoms with Crippen LogP contribution in [0.15, 0.2) is 12.7 Å². The second kappa shape index (κ2) is 7.03. The molecule has 0 saturated heterocycles. The number of hydrogen-bond acceptors (Lipinski definition) is 3. The van der Waals surface area contributed by atoms with Gasteiger partial charge in [0, 0.05) is 0 Å². The molecule has 0 saturated carbocycles. The first kappa shape index (κ1) is 16.5. The van der Waals surface area contributed by atoms with Gasteiger partial charge in [-0.05, 0) is 17.8 Å². The zero-order valence-corrected chi connectivity index (χ0v) is 11.5. The van der Waals surface area contributed by atoms with Gasteiger partial charge in [-0.3, -0.25) is 0 Å². The highest BCUT2D eigenvalue weighted by Crippen LogP contribution is 2.19. The van der Waals surface area contributed by atoms with Crippen molar-refractivity contribution in [2.75, 3.05) is 6.61 Å². The Morgan fingerprint density at radius 3 is 2.39 bits per heavy atom. The Morgan fingerprint density at radius 1 is 1.44 bits per heavy atom. The minimum Gasteiger partial charge on any atom is -0.480 e. The van der Waals surface area contributed by atoms with Crippen LogP contribution < -0.4 is 5.32 Å². The minimum atomic E-state index is -1.07. The Hall–Kier alpha value is -1.52. The molecule has 2 N–H and O–H groups in total. The number of rotatable bonds is 6. The Kier molecular flexibility index (Phi) is 6.44. The molecule has 0 aromatic rings. The molecule has 0 aliphatic heterocycles. The lowest BCUT2D eigenvalue weighted by Gasteiger charge is -2.27. The molecule has 0 heterocycles. The van der Waals surface area contributed by atoms with Crippen LogP contribution in [0.4, 0.5) is 4.79 Å². The molecule has 18 heavy (non-hydrogen) atoms. The van der Waals surface area contributed by atoms with Crippen molar-refractivity contribution >= 4 is 12.1 Å². The summed E-state index contributed by atoms with van der Waals surface area (Å²) in [5.41, 5.74) is -0.572. The molecule has 1 amide bonds. The van der Waals surface area contributed by atoms with Crippen LogP contribution in [0.2, 0.25) is 0 Å². The highest BCUT2D eigenvalue weighted by atomic mass is 16.5. The Bertz CT molecular complexity index is 307. The van der Waals surface area contributed by atoms with E-state index in [4.69, 9.17) is 9.84 Å². The van der Waals surface area contributed by atoms with Crippen LogP contribution in [0.1, 0.15) is 34.1 Å². The maximum Gasteiger partial charge on any atom is 0.407 e. The highest BCUT2D eigenvalue weighted by molar-refractivity contribution is 5.80. The van der Waals surface area contributed by atoms with Crippen molar-refractivity contribution in [2.45, 2.75) is 40.2 Å². The third-order valence-electron chi connectivity index (χ3n) is 2.44. The average molecular weight is 257 g/mol. The first-order valence-corrected chi connectivity index (χ1v) is 5.95. The number of carbonyl (C=O) groups excluding carboxylic acids is 1. The number of hydrogen-bond donors (Lipinski definition) is 2. The maximum absolute atomic E-state index is 11.5. The van der Waals surface area contributed by atoms with Gasteiger partial charge >= 0.3 is 12.1 Å². The van der Waals surface area contributed by atoms with Gasteiger partial charge in [-0.2, -0.15) is 0 Å². The van der Waals surface area contributed by atoms with Gasteiger partial charge in [-0.15, -0.1) is 6.58 Å². The number of carboxylic acid groups (broad SMARTS) is 1. The van der Waals surface area contributed by atoms with Crippen molar-refractivity contribution in [1.29, 1.82) is 0 Å². The summed E-state index contributed by atoms with van der Waals surface area (Å²) in [6.07, 6.45) is 1.80. The molecule has 0 spiro atoms. The second-order valence-electron chi connectivity index (χ2n) is 5.51. The van der Waals surface area contributed by atoms with E-state index in [-0.39, 0.29) is 12.5 Å². The number of carboxylic acids is 1. The SMILES string of the molecule is C=CCC(C)COC(=O)N[C@H](C(=O)O)C(C)(C)C. The number of carbonyl (C=O) groups is 2. The van der Waals surface area contributed by atoms with Crippen LogP contribution in [-0.4, -0.2) is 29.8 Å². The normalized spacial score (nSPS) is 14.4. The molecule has 0 rings (SSSR count).